The van der Waals surface area contributed by atoms with E-state index in [2.05, 4.69) is 30.9 Å². The van der Waals surface area contributed by atoms with Crippen LogP contribution in [0.5, 0.6) is 0 Å². The normalized spacial score (nSPS) is 19.6. The number of rotatable bonds is 6. The molecule has 1 aliphatic rings. The number of hydrogen-bond acceptors (Lipinski definition) is 3. The number of likely N-dealkylation sites (tertiary alicyclic amines) is 1. The van der Waals surface area contributed by atoms with Crippen LogP contribution in [0, 0.1) is 6.92 Å². The molecule has 0 radical (unpaired) electrons. The third-order valence-electron chi connectivity index (χ3n) is 4.04. The highest BCUT2D eigenvalue weighted by atomic mass is 32.1. The zero-order valence-electron chi connectivity index (χ0n) is 13.1. The maximum absolute atomic E-state index is 5.91. The lowest BCUT2D eigenvalue weighted by Gasteiger charge is -2.33. The number of aryl methyl sites for hydroxylation is 1. The van der Waals surface area contributed by atoms with E-state index in [1.165, 1.54) is 24.0 Å². The number of piperidine rings is 1. The van der Waals surface area contributed by atoms with Gasteiger partial charge in [-0.05, 0) is 49.9 Å². The molecule has 1 fully saturated rings. The van der Waals surface area contributed by atoms with Crippen molar-refractivity contribution in [3.63, 3.8) is 0 Å². The molecule has 2 rings (SSSR count). The summed E-state index contributed by atoms with van der Waals surface area (Å²) < 4.78 is 5.91. The summed E-state index contributed by atoms with van der Waals surface area (Å²) in [5, 5.41) is 0. The van der Waals surface area contributed by atoms with E-state index in [0.717, 1.165) is 38.2 Å². The smallest absolute Gasteiger partial charge is 0.103 e. The minimum Gasteiger partial charge on any atom is -0.389 e. The average molecular weight is 306 g/mol. The number of hydrogen-bond donors (Lipinski definition) is 1. The van der Waals surface area contributed by atoms with Gasteiger partial charge in [-0.2, -0.15) is 0 Å². The van der Waals surface area contributed by atoms with Crippen LogP contribution in [-0.4, -0.2) is 35.7 Å². The van der Waals surface area contributed by atoms with Crippen molar-refractivity contribution in [3.05, 3.63) is 34.9 Å². The Hall–Kier alpha value is -0.970. The van der Waals surface area contributed by atoms with Crippen molar-refractivity contribution in [3.8, 4) is 0 Å². The largest absolute Gasteiger partial charge is 0.389 e. The maximum atomic E-state index is 5.91. The van der Waals surface area contributed by atoms with E-state index < -0.39 is 0 Å². The first-order valence-corrected chi connectivity index (χ1v) is 8.24. The molecule has 1 aromatic carbocycles. The van der Waals surface area contributed by atoms with Gasteiger partial charge in [-0.1, -0.05) is 31.3 Å². The Kier molecular flexibility index (Phi) is 6.15. The summed E-state index contributed by atoms with van der Waals surface area (Å²) >= 11 is 5.03. The van der Waals surface area contributed by atoms with Gasteiger partial charge in [-0.25, -0.2) is 0 Å². The third-order valence-corrected chi connectivity index (χ3v) is 4.28. The van der Waals surface area contributed by atoms with Gasteiger partial charge < -0.3 is 10.5 Å². The lowest BCUT2D eigenvalue weighted by molar-refractivity contribution is -0.00227. The van der Waals surface area contributed by atoms with E-state index in [0.29, 0.717) is 11.1 Å². The number of benzene rings is 1. The summed E-state index contributed by atoms with van der Waals surface area (Å²) in [5.41, 5.74) is 9.25. The van der Waals surface area contributed by atoms with Crippen molar-refractivity contribution in [2.75, 3.05) is 19.7 Å². The van der Waals surface area contributed by atoms with E-state index >= 15 is 0 Å². The van der Waals surface area contributed by atoms with Crippen molar-refractivity contribution in [2.45, 2.75) is 45.8 Å². The van der Waals surface area contributed by atoms with Crippen LogP contribution in [0.1, 0.15) is 42.9 Å². The molecule has 0 aromatic heterocycles. The maximum Gasteiger partial charge on any atom is 0.103 e. The van der Waals surface area contributed by atoms with Crippen LogP contribution < -0.4 is 5.73 Å². The molecule has 1 aliphatic heterocycles. The van der Waals surface area contributed by atoms with E-state index in [4.69, 9.17) is 22.7 Å². The number of nitrogens with zero attached hydrogens (tertiary/aromatic N) is 1. The van der Waals surface area contributed by atoms with Crippen molar-refractivity contribution in [1.29, 1.82) is 0 Å². The van der Waals surface area contributed by atoms with Crippen LogP contribution in [0.4, 0.5) is 0 Å². The Morgan fingerprint density at radius 3 is 2.95 bits per heavy atom. The summed E-state index contributed by atoms with van der Waals surface area (Å²) in [4.78, 5) is 2.96. The van der Waals surface area contributed by atoms with Crippen molar-refractivity contribution in [2.24, 2.45) is 5.73 Å². The highest BCUT2D eigenvalue weighted by Crippen LogP contribution is 2.19. The lowest BCUT2D eigenvalue weighted by Crippen LogP contribution is -2.39. The highest BCUT2D eigenvalue weighted by molar-refractivity contribution is 7.80. The van der Waals surface area contributed by atoms with E-state index in [1.807, 2.05) is 6.07 Å². The van der Waals surface area contributed by atoms with Crippen LogP contribution in [0.15, 0.2) is 18.2 Å². The molecule has 0 bridgehead atoms. The first kappa shape index (κ1) is 16.4. The minimum absolute atomic E-state index is 0.398. The molecule has 0 amide bonds. The second kappa shape index (κ2) is 7.87. The lowest BCUT2D eigenvalue weighted by atomic mass is 10.0. The molecule has 1 heterocycles. The molecule has 4 heteroatoms. The van der Waals surface area contributed by atoms with Crippen molar-refractivity contribution < 1.29 is 4.74 Å². The van der Waals surface area contributed by atoms with Crippen LogP contribution >= 0.6 is 12.2 Å². The summed E-state index contributed by atoms with van der Waals surface area (Å²) in [5.74, 6) is 0. The van der Waals surface area contributed by atoms with Crippen LogP contribution in [0.2, 0.25) is 0 Å². The number of thiocarbonyl (C=S) groups is 1. The molecule has 1 aromatic rings. The van der Waals surface area contributed by atoms with Crippen molar-refractivity contribution >= 4 is 17.2 Å². The Morgan fingerprint density at radius 2 is 2.29 bits per heavy atom. The fourth-order valence-electron chi connectivity index (χ4n) is 2.84. The van der Waals surface area contributed by atoms with Gasteiger partial charge in [-0.3, -0.25) is 4.90 Å². The standard InChI is InChI=1S/C17H26N2OS/c1-3-9-20-16-5-4-8-19(12-16)11-15-7-6-14(17(18)21)10-13(15)2/h6-7,10,16H,3-5,8-9,11-12H2,1-2H3,(H2,18,21). The van der Waals surface area contributed by atoms with Crippen LogP contribution in [-0.2, 0) is 11.3 Å². The quantitative estimate of drug-likeness (QED) is 0.820. The predicted octanol–water partition coefficient (Wildman–Crippen LogP) is 3.02. The number of ether oxygens (including phenoxy) is 1. The molecular weight excluding hydrogens is 280 g/mol. The fraction of sp³-hybridized carbons (Fsp3) is 0.588. The van der Waals surface area contributed by atoms with Crippen molar-refractivity contribution in [1.82, 2.24) is 4.90 Å². The van der Waals surface area contributed by atoms with Gasteiger partial charge in [0.15, 0.2) is 0 Å². The van der Waals surface area contributed by atoms with Crippen LogP contribution in [0.3, 0.4) is 0 Å². The van der Waals surface area contributed by atoms with Gasteiger partial charge >= 0.3 is 0 Å². The van der Waals surface area contributed by atoms with E-state index in [9.17, 15) is 0 Å². The summed E-state index contributed by atoms with van der Waals surface area (Å²) in [6, 6.07) is 6.27. The summed E-state index contributed by atoms with van der Waals surface area (Å²) in [7, 11) is 0. The fourth-order valence-corrected chi connectivity index (χ4v) is 2.97. The predicted molar refractivity (Wildman–Crippen MR) is 91.6 cm³/mol. The van der Waals surface area contributed by atoms with E-state index in [-0.39, 0.29) is 0 Å². The highest BCUT2D eigenvalue weighted by Gasteiger charge is 2.20. The Bertz CT molecular complexity index is 490. The molecule has 3 nitrogen and oxygen atoms in total. The Morgan fingerprint density at radius 1 is 1.48 bits per heavy atom. The molecule has 0 spiro atoms. The molecular formula is C17H26N2OS. The monoisotopic (exact) mass is 306 g/mol. The summed E-state index contributed by atoms with van der Waals surface area (Å²) in [6.07, 6.45) is 3.90. The third kappa shape index (κ3) is 4.77. The second-order valence-electron chi connectivity index (χ2n) is 5.88. The molecule has 1 saturated heterocycles. The first-order valence-electron chi connectivity index (χ1n) is 7.83. The SMILES string of the molecule is CCCOC1CCCN(Cc2ccc(C(N)=S)cc2C)C1. The molecule has 1 atom stereocenters. The zero-order valence-corrected chi connectivity index (χ0v) is 13.9. The molecule has 21 heavy (non-hydrogen) atoms. The zero-order chi connectivity index (χ0) is 15.2. The van der Waals surface area contributed by atoms with Gasteiger partial charge in [-0.15, -0.1) is 0 Å². The molecule has 0 saturated carbocycles. The minimum atomic E-state index is 0.398. The molecule has 2 N–H and O–H groups in total. The van der Waals surface area contributed by atoms with Gasteiger partial charge in [0.05, 0.1) is 6.10 Å². The van der Waals surface area contributed by atoms with E-state index in [1.54, 1.807) is 0 Å². The van der Waals surface area contributed by atoms with Crippen LogP contribution in [0.25, 0.3) is 0 Å². The van der Waals surface area contributed by atoms with Gasteiger partial charge in [0, 0.05) is 25.3 Å². The topological polar surface area (TPSA) is 38.5 Å². The second-order valence-corrected chi connectivity index (χ2v) is 6.32. The number of nitrogens with two attached hydrogens (primary N) is 1. The van der Waals surface area contributed by atoms with Gasteiger partial charge in [0.1, 0.15) is 4.99 Å². The van der Waals surface area contributed by atoms with Gasteiger partial charge in [0.25, 0.3) is 0 Å². The Labute approximate surface area is 133 Å². The molecule has 1 unspecified atom stereocenters. The molecule has 116 valence electrons. The first-order chi connectivity index (χ1) is 10.1. The molecule has 0 aliphatic carbocycles. The Balaban J connectivity index is 1.96. The van der Waals surface area contributed by atoms with Gasteiger partial charge in [0.2, 0.25) is 0 Å². The average Bonchev–Trinajstić information content (AvgIpc) is 2.47. The summed E-state index contributed by atoms with van der Waals surface area (Å²) in [6.45, 7) is 8.34.